The molecule has 0 amide bonds. The second-order valence-electron chi connectivity index (χ2n) is 12.6. The molecule has 7 aromatic rings. The van der Waals surface area contributed by atoms with Crippen molar-refractivity contribution >= 4 is 44.8 Å². The number of rotatable bonds is 8. The molecule has 1 aliphatic rings. The zero-order valence-corrected chi connectivity index (χ0v) is 27.7. The van der Waals surface area contributed by atoms with Gasteiger partial charge in [-0.15, -0.1) is 0 Å². The fraction of sp³-hybridized carbons (Fsp3) is 0.0638. The van der Waals surface area contributed by atoms with Crippen molar-refractivity contribution in [3.8, 4) is 22.3 Å². The van der Waals surface area contributed by atoms with Crippen LogP contribution in [0.1, 0.15) is 18.4 Å². The van der Waals surface area contributed by atoms with Gasteiger partial charge in [-0.1, -0.05) is 133 Å². The lowest BCUT2D eigenvalue weighted by atomic mass is 9.98. The van der Waals surface area contributed by atoms with Gasteiger partial charge in [0.05, 0.1) is 5.69 Å². The molecule has 0 aliphatic heterocycles. The maximum atomic E-state index is 2.39. The van der Waals surface area contributed by atoms with Crippen LogP contribution in [0.2, 0.25) is 0 Å². The average molecular weight is 631 g/mol. The summed E-state index contributed by atoms with van der Waals surface area (Å²) in [4.78, 5) is 4.64. The van der Waals surface area contributed by atoms with Gasteiger partial charge >= 0.3 is 0 Å². The van der Waals surface area contributed by atoms with E-state index >= 15 is 0 Å². The quantitative estimate of drug-likeness (QED) is 0.165. The molecule has 0 saturated heterocycles. The minimum atomic E-state index is 1.09. The minimum Gasteiger partial charge on any atom is -0.345 e. The van der Waals surface area contributed by atoms with Gasteiger partial charge in [0.2, 0.25) is 0 Å². The van der Waals surface area contributed by atoms with E-state index in [1.54, 1.807) is 0 Å². The van der Waals surface area contributed by atoms with E-state index in [1.807, 2.05) is 0 Å². The van der Waals surface area contributed by atoms with Gasteiger partial charge < -0.3 is 9.80 Å². The maximum Gasteiger partial charge on any atom is 0.0540 e. The third-order valence-electron chi connectivity index (χ3n) is 9.49. The molecule has 0 unspecified atom stereocenters. The highest BCUT2D eigenvalue weighted by atomic mass is 15.1. The first-order chi connectivity index (χ1) is 24.2. The number of allylic oxidation sites excluding steroid dienone is 4. The third-order valence-corrected chi connectivity index (χ3v) is 9.49. The summed E-state index contributed by atoms with van der Waals surface area (Å²) in [6.45, 7) is 0. The summed E-state index contributed by atoms with van der Waals surface area (Å²) in [5, 5.41) is 2.46. The van der Waals surface area contributed by atoms with E-state index in [4.69, 9.17) is 0 Å². The first kappa shape index (κ1) is 30.2. The van der Waals surface area contributed by atoms with Crippen LogP contribution in [-0.2, 0) is 0 Å². The Kier molecular flexibility index (Phi) is 8.36. The van der Waals surface area contributed by atoms with E-state index in [2.05, 4.69) is 205 Å². The van der Waals surface area contributed by atoms with Gasteiger partial charge in [-0.05, 0) is 106 Å². The molecule has 0 atom stereocenters. The van der Waals surface area contributed by atoms with E-state index in [-0.39, 0.29) is 0 Å². The van der Waals surface area contributed by atoms with Crippen LogP contribution in [0, 0.1) is 0 Å². The lowest BCUT2D eigenvalue weighted by molar-refractivity contribution is 1.04. The zero-order valence-electron chi connectivity index (χ0n) is 27.7. The summed E-state index contributed by atoms with van der Waals surface area (Å²) >= 11 is 0. The van der Waals surface area contributed by atoms with Crippen molar-refractivity contribution in [2.24, 2.45) is 0 Å². The Hall–Kier alpha value is -6.12. The Morgan fingerprint density at radius 3 is 1.78 bits per heavy atom. The Morgan fingerprint density at radius 1 is 0.429 bits per heavy atom. The Morgan fingerprint density at radius 2 is 1.02 bits per heavy atom. The highest BCUT2D eigenvalue weighted by Crippen LogP contribution is 2.41. The average Bonchev–Trinajstić information content (AvgIpc) is 3.19. The maximum absolute atomic E-state index is 2.39. The second kappa shape index (κ2) is 13.5. The third kappa shape index (κ3) is 6.29. The summed E-state index contributed by atoms with van der Waals surface area (Å²) in [6.07, 6.45) is 9.08. The van der Waals surface area contributed by atoms with Crippen LogP contribution in [0.15, 0.2) is 188 Å². The lowest BCUT2D eigenvalue weighted by Crippen LogP contribution is -2.11. The predicted octanol–water partition coefficient (Wildman–Crippen LogP) is 13.1. The van der Waals surface area contributed by atoms with E-state index < -0.39 is 0 Å². The van der Waals surface area contributed by atoms with Crippen LogP contribution in [0.5, 0.6) is 0 Å². The molecule has 236 valence electrons. The van der Waals surface area contributed by atoms with Gasteiger partial charge in [0.25, 0.3) is 0 Å². The molecule has 0 saturated carbocycles. The van der Waals surface area contributed by atoms with E-state index in [0.29, 0.717) is 0 Å². The summed E-state index contributed by atoms with van der Waals surface area (Å²) in [7, 11) is 2.13. The Balaban J connectivity index is 1.10. The van der Waals surface area contributed by atoms with Crippen molar-refractivity contribution in [3.63, 3.8) is 0 Å². The van der Waals surface area contributed by atoms with Gasteiger partial charge in [0.1, 0.15) is 0 Å². The predicted molar refractivity (Wildman–Crippen MR) is 210 cm³/mol. The van der Waals surface area contributed by atoms with Crippen LogP contribution in [0.3, 0.4) is 0 Å². The summed E-state index contributed by atoms with van der Waals surface area (Å²) in [6, 6.07) is 61.3. The first-order valence-electron chi connectivity index (χ1n) is 17.1. The lowest BCUT2D eigenvalue weighted by Gasteiger charge is -2.27. The highest BCUT2D eigenvalue weighted by molar-refractivity contribution is 5.99. The zero-order chi connectivity index (χ0) is 33.0. The van der Waals surface area contributed by atoms with Gasteiger partial charge in [0.15, 0.2) is 0 Å². The van der Waals surface area contributed by atoms with E-state index in [0.717, 1.165) is 35.6 Å². The molecule has 0 radical (unpaired) electrons. The molecule has 0 aromatic heterocycles. The highest BCUT2D eigenvalue weighted by Gasteiger charge is 2.17. The summed E-state index contributed by atoms with van der Waals surface area (Å²) < 4.78 is 0. The van der Waals surface area contributed by atoms with Crippen LogP contribution in [0.4, 0.5) is 28.4 Å². The molecule has 0 spiro atoms. The van der Waals surface area contributed by atoms with Crippen molar-refractivity contribution in [1.29, 1.82) is 0 Å². The molecule has 2 heteroatoms. The van der Waals surface area contributed by atoms with Gasteiger partial charge in [-0.3, -0.25) is 0 Å². The van der Waals surface area contributed by atoms with Crippen molar-refractivity contribution in [2.45, 2.75) is 12.8 Å². The van der Waals surface area contributed by atoms with Crippen LogP contribution < -0.4 is 9.80 Å². The summed E-state index contributed by atoms with van der Waals surface area (Å²) in [5.41, 5.74) is 13.1. The SMILES string of the molecule is CN(c1ccc(-c2ccc(N(c3cccc(C4=CCCC=C4)c3)c3cccc4ccccc34)cc2)cc1)c1cccc(-c2ccccc2)c1. The van der Waals surface area contributed by atoms with Crippen molar-refractivity contribution in [2.75, 3.05) is 16.8 Å². The number of hydrogen-bond donors (Lipinski definition) is 0. The van der Waals surface area contributed by atoms with E-state index in [9.17, 15) is 0 Å². The molecule has 0 bridgehead atoms. The minimum absolute atomic E-state index is 1.09. The monoisotopic (exact) mass is 630 g/mol. The number of nitrogens with zero attached hydrogens (tertiary/aromatic N) is 2. The second-order valence-corrected chi connectivity index (χ2v) is 12.6. The van der Waals surface area contributed by atoms with Gasteiger partial charge in [-0.2, -0.15) is 0 Å². The topological polar surface area (TPSA) is 6.48 Å². The largest absolute Gasteiger partial charge is 0.345 e. The van der Waals surface area contributed by atoms with Crippen molar-refractivity contribution < 1.29 is 0 Å². The number of fused-ring (bicyclic) bond motifs is 1. The number of anilines is 5. The Bertz CT molecular complexity index is 2270. The van der Waals surface area contributed by atoms with Crippen LogP contribution >= 0.6 is 0 Å². The van der Waals surface area contributed by atoms with Gasteiger partial charge in [-0.25, -0.2) is 0 Å². The molecule has 49 heavy (non-hydrogen) atoms. The fourth-order valence-electron chi connectivity index (χ4n) is 6.84. The van der Waals surface area contributed by atoms with Gasteiger partial charge in [0, 0.05) is 35.2 Å². The van der Waals surface area contributed by atoms with E-state index in [1.165, 1.54) is 49.9 Å². The molecule has 8 rings (SSSR count). The standard InChI is InChI=1S/C47H38N2/c1-48(44-21-10-19-40(33-44)35-13-4-2-5-14-35)42-29-25-37(26-30-42)38-27-31-43(32-28-38)49(47-24-12-18-39-17-8-9-23-46(39)47)45-22-11-20-41(34-45)36-15-6-3-7-16-36/h2,4-6,8-34H,3,7H2,1H3. The molecule has 2 nitrogen and oxygen atoms in total. The van der Waals surface area contributed by atoms with Crippen LogP contribution in [0.25, 0.3) is 38.6 Å². The fourth-order valence-corrected chi connectivity index (χ4v) is 6.84. The molecular formula is C47H38N2. The van der Waals surface area contributed by atoms with Crippen molar-refractivity contribution in [1.82, 2.24) is 0 Å². The smallest absolute Gasteiger partial charge is 0.0540 e. The number of benzene rings is 7. The molecule has 0 fully saturated rings. The number of hydrogen-bond acceptors (Lipinski definition) is 2. The molecule has 0 N–H and O–H groups in total. The Labute approximate surface area is 289 Å². The van der Waals surface area contributed by atoms with Crippen LogP contribution in [-0.4, -0.2) is 7.05 Å². The van der Waals surface area contributed by atoms with Crippen molar-refractivity contribution in [3.05, 3.63) is 194 Å². The molecule has 0 heterocycles. The molecular weight excluding hydrogens is 593 g/mol. The normalized spacial score (nSPS) is 12.5. The molecule has 7 aromatic carbocycles. The summed E-state index contributed by atoms with van der Waals surface area (Å²) in [5.74, 6) is 0. The first-order valence-corrected chi connectivity index (χ1v) is 17.1. The molecule has 1 aliphatic carbocycles.